The molecule has 0 aromatic heterocycles. The van der Waals surface area contributed by atoms with Crippen molar-refractivity contribution in [3.63, 3.8) is 0 Å². The number of rotatable bonds is 6. The summed E-state index contributed by atoms with van der Waals surface area (Å²) in [6.07, 6.45) is 0. The number of benzene rings is 1. The van der Waals surface area contributed by atoms with Crippen molar-refractivity contribution >= 4 is 27.6 Å². The molecule has 0 aliphatic rings. The van der Waals surface area contributed by atoms with E-state index in [1.807, 2.05) is 0 Å². The van der Waals surface area contributed by atoms with Crippen molar-refractivity contribution in [2.24, 2.45) is 0 Å². The average Bonchev–Trinajstić information content (AvgIpc) is 2.31. The van der Waals surface area contributed by atoms with E-state index in [1.54, 1.807) is 19.1 Å². The van der Waals surface area contributed by atoms with E-state index in [0.29, 0.717) is 16.6 Å². The Kier molecular flexibility index (Phi) is 5.73. The number of nitrogens with zero attached hydrogens (tertiary/aromatic N) is 1. The Labute approximate surface area is 113 Å². The molecule has 0 atom stereocenters. The minimum absolute atomic E-state index is 0.0146. The van der Waals surface area contributed by atoms with Gasteiger partial charge in [0.2, 0.25) is 0 Å². The summed E-state index contributed by atoms with van der Waals surface area (Å²) in [6.45, 7) is 2.27. The van der Waals surface area contributed by atoms with Crippen molar-refractivity contribution in [2.75, 3.05) is 13.2 Å². The third kappa shape index (κ3) is 4.08. The van der Waals surface area contributed by atoms with Crippen molar-refractivity contribution in [3.05, 3.63) is 38.3 Å². The van der Waals surface area contributed by atoms with Crippen molar-refractivity contribution in [3.8, 4) is 0 Å². The molecule has 0 spiro atoms. The maximum absolute atomic E-state index is 11.1. The molecule has 1 rings (SSSR count). The molecule has 1 aromatic rings. The fourth-order valence-corrected chi connectivity index (χ4v) is 1.89. The van der Waals surface area contributed by atoms with Gasteiger partial charge in [0.15, 0.2) is 0 Å². The molecule has 0 aliphatic carbocycles. The Balaban J connectivity index is 2.67. The second kappa shape index (κ2) is 7.07. The second-order valence-corrected chi connectivity index (χ2v) is 4.26. The van der Waals surface area contributed by atoms with Gasteiger partial charge in [-0.3, -0.25) is 14.9 Å². The summed E-state index contributed by atoms with van der Waals surface area (Å²) >= 11 is 3.25. The zero-order valence-corrected chi connectivity index (χ0v) is 11.4. The number of halogens is 1. The topological polar surface area (TPSA) is 81.5 Å². The second-order valence-electron chi connectivity index (χ2n) is 3.40. The van der Waals surface area contributed by atoms with Gasteiger partial charge >= 0.3 is 5.97 Å². The summed E-state index contributed by atoms with van der Waals surface area (Å²) in [5.41, 5.74) is 0.521. The van der Waals surface area contributed by atoms with E-state index in [2.05, 4.69) is 21.2 Å². The summed E-state index contributed by atoms with van der Waals surface area (Å²) in [5.74, 6) is -0.382. The van der Waals surface area contributed by atoms with Crippen LogP contribution in [0.2, 0.25) is 0 Å². The maximum Gasteiger partial charge on any atom is 0.319 e. The number of carbonyl (C=O) groups excluding carboxylic acids is 1. The van der Waals surface area contributed by atoms with Crippen LogP contribution < -0.4 is 5.32 Å². The first-order valence-electron chi connectivity index (χ1n) is 5.34. The number of carbonyl (C=O) groups is 1. The Hall–Kier alpha value is -1.47. The summed E-state index contributed by atoms with van der Waals surface area (Å²) in [4.78, 5) is 21.5. The molecule has 0 bridgehead atoms. The number of esters is 1. The monoisotopic (exact) mass is 316 g/mol. The molecule has 1 aromatic carbocycles. The summed E-state index contributed by atoms with van der Waals surface area (Å²) in [5, 5.41) is 13.7. The van der Waals surface area contributed by atoms with Crippen molar-refractivity contribution in [1.82, 2.24) is 5.32 Å². The number of nitro groups is 1. The Morgan fingerprint density at radius 2 is 2.28 bits per heavy atom. The Morgan fingerprint density at radius 3 is 2.89 bits per heavy atom. The highest BCUT2D eigenvalue weighted by molar-refractivity contribution is 9.10. The number of nitrogens with one attached hydrogen (secondary N) is 1. The number of hydrogen-bond donors (Lipinski definition) is 1. The predicted octanol–water partition coefficient (Wildman–Crippen LogP) is 2.01. The zero-order valence-electron chi connectivity index (χ0n) is 9.81. The van der Waals surface area contributed by atoms with Crippen LogP contribution in [0.25, 0.3) is 0 Å². The number of nitro benzene ring substituents is 1. The predicted molar refractivity (Wildman–Crippen MR) is 69.1 cm³/mol. The molecular formula is C11H13BrN2O4. The van der Waals surface area contributed by atoms with Gasteiger partial charge in [0.05, 0.1) is 23.6 Å². The van der Waals surface area contributed by atoms with Crippen LogP contribution in [0.1, 0.15) is 12.5 Å². The lowest BCUT2D eigenvalue weighted by molar-refractivity contribution is -0.385. The van der Waals surface area contributed by atoms with Gasteiger partial charge in [-0.1, -0.05) is 22.0 Å². The minimum atomic E-state index is -0.452. The first-order valence-corrected chi connectivity index (χ1v) is 6.13. The van der Waals surface area contributed by atoms with Crippen LogP contribution in [0, 0.1) is 10.1 Å². The third-order valence-corrected chi connectivity index (χ3v) is 2.91. The molecule has 0 saturated heterocycles. The third-order valence-electron chi connectivity index (χ3n) is 2.17. The fourth-order valence-electron chi connectivity index (χ4n) is 1.39. The highest BCUT2D eigenvalue weighted by Crippen LogP contribution is 2.26. The molecule has 98 valence electrons. The lowest BCUT2D eigenvalue weighted by Crippen LogP contribution is -2.24. The highest BCUT2D eigenvalue weighted by atomic mass is 79.9. The van der Waals surface area contributed by atoms with Gasteiger partial charge < -0.3 is 10.1 Å². The molecule has 0 fully saturated rings. The molecule has 0 amide bonds. The molecule has 6 nitrogen and oxygen atoms in total. The smallest absolute Gasteiger partial charge is 0.319 e. The summed E-state index contributed by atoms with van der Waals surface area (Å²) < 4.78 is 5.37. The van der Waals surface area contributed by atoms with Gasteiger partial charge in [-0.15, -0.1) is 0 Å². The van der Waals surface area contributed by atoms with Gasteiger partial charge in [0.25, 0.3) is 5.69 Å². The molecule has 0 unspecified atom stereocenters. The standard InChI is InChI=1S/C11H13BrN2O4/c1-2-18-11(15)7-13-6-8-9(12)4-3-5-10(8)14(16)17/h3-5,13H,2,6-7H2,1H3. The molecule has 0 aliphatic heterocycles. The highest BCUT2D eigenvalue weighted by Gasteiger charge is 2.16. The van der Waals surface area contributed by atoms with E-state index < -0.39 is 4.92 Å². The SMILES string of the molecule is CCOC(=O)CNCc1c(Br)cccc1[N+](=O)[O-]. The van der Waals surface area contributed by atoms with Crippen LogP contribution in [0.15, 0.2) is 22.7 Å². The first kappa shape index (κ1) is 14.6. The zero-order chi connectivity index (χ0) is 13.5. The van der Waals surface area contributed by atoms with Gasteiger partial charge in [-0.05, 0) is 13.0 Å². The van der Waals surface area contributed by atoms with E-state index in [4.69, 9.17) is 4.74 Å². The van der Waals surface area contributed by atoms with Gasteiger partial charge in [0, 0.05) is 17.1 Å². The maximum atomic E-state index is 11.1. The van der Waals surface area contributed by atoms with E-state index >= 15 is 0 Å². The molecule has 18 heavy (non-hydrogen) atoms. The quantitative estimate of drug-likeness (QED) is 0.493. The van der Waals surface area contributed by atoms with Crippen molar-refractivity contribution in [1.29, 1.82) is 0 Å². The number of ether oxygens (including phenoxy) is 1. The molecule has 0 saturated carbocycles. The van der Waals surface area contributed by atoms with E-state index in [1.165, 1.54) is 6.07 Å². The Morgan fingerprint density at radius 1 is 1.56 bits per heavy atom. The lowest BCUT2D eigenvalue weighted by Gasteiger charge is -2.07. The van der Waals surface area contributed by atoms with Crippen molar-refractivity contribution < 1.29 is 14.5 Å². The van der Waals surface area contributed by atoms with Crippen LogP contribution in [0.5, 0.6) is 0 Å². The summed E-state index contributed by atoms with van der Waals surface area (Å²) in [6, 6.07) is 4.73. The van der Waals surface area contributed by atoms with Crippen LogP contribution in [-0.2, 0) is 16.1 Å². The normalized spacial score (nSPS) is 10.1. The van der Waals surface area contributed by atoms with Crippen LogP contribution in [0.4, 0.5) is 5.69 Å². The van der Waals surface area contributed by atoms with Gasteiger partial charge in [-0.25, -0.2) is 0 Å². The molecule has 1 N–H and O–H groups in total. The van der Waals surface area contributed by atoms with Crippen LogP contribution in [0.3, 0.4) is 0 Å². The van der Waals surface area contributed by atoms with Gasteiger partial charge in [-0.2, -0.15) is 0 Å². The lowest BCUT2D eigenvalue weighted by atomic mass is 10.2. The molecular weight excluding hydrogens is 304 g/mol. The fraction of sp³-hybridized carbons (Fsp3) is 0.364. The van der Waals surface area contributed by atoms with E-state index in [9.17, 15) is 14.9 Å². The number of hydrogen-bond acceptors (Lipinski definition) is 5. The van der Waals surface area contributed by atoms with Gasteiger partial charge in [0.1, 0.15) is 0 Å². The molecule has 7 heteroatoms. The largest absolute Gasteiger partial charge is 0.465 e. The average molecular weight is 317 g/mol. The first-order chi connectivity index (χ1) is 8.56. The molecule has 0 radical (unpaired) electrons. The van der Waals surface area contributed by atoms with E-state index in [-0.39, 0.29) is 24.7 Å². The van der Waals surface area contributed by atoms with Crippen molar-refractivity contribution in [2.45, 2.75) is 13.5 Å². The minimum Gasteiger partial charge on any atom is -0.465 e. The van der Waals surface area contributed by atoms with E-state index in [0.717, 1.165) is 0 Å². The van der Waals surface area contributed by atoms with Crippen LogP contribution in [-0.4, -0.2) is 24.0 Å². The summed E-state index contributed by atoms with van der Waals surface area (Å²) in [7, 11) is 0. The Bertz CT molecular complexity index is 451. The van der Waals surface area contributed by atoms with Crippen LogP contribution >= 0.6 is 15.9 Å². The molecule has 0 heterocycles.